The van der Waals surface area contributed by atoms with Gasteiger partial charge in [0.25, 0.3) is 0 Å². The number of rotatable bonds is 5. The molecule has 3 nitrogen and oxygen atoms in total. The number of nitriles is 1. The summed E-state index contributed by atoms with van der Waals surface area (Å²) in [6, 6.07) is 22.5. The minimum Gasteiger partial charge on any atom is -0.440 e. The summed E-state index contributed by atoms with van der Waals surface area (Å²) in [4.78, 5) is 0. The molecule has 0 saturated heterocycles. The van der Waals surface area contributed by atoms with E-state index in [2.05, 4.69) is 30.9 Å². The molecule has 1 atom stereocenters. The van der Waals surface area contributed by atoms with Gasteiger partial charge in [0, 0.05) is 22.9 Å². The molecule has 0 radical (unpaired) electrons. The van der Waals surface area contributed by atoms with E-state index in [1.54, 1.807) is 0 Å². The Kier molecular flexibility index (Phi) is 6.25. The number of benzene rings is 3. The van der Waals surface area contributed by atoms with Gasteiger partial charge < -0.3 is 10.5 Å². The summed E-state index contributed by atoms with van der Waals surface area (Å²) in [5.41, 5.74) is 9.54. The quantitative estimate of drug-likeness (QED) is 0.395. The summed E-state index contributed by atoms with van der Waals surface area (Å²) in [6.07, 6.45) is 5.68. The zero-order valence-electron chi connectivity index (χ0n) is 17.8. The number of ether oxygens (including phenoxy) is 1. The van der Waals surface area contributed by atoms with Crippen molar-refractivity contribution in [3.8, 4) is 23.7 Å². The van der Waals surface area contributed by atoms with E-state index in [0.717, 1.165) is 46.1 Å². The van der Waals surface area contributed by atoms with Crippen molar-refractivity contribution in [3.05, 3.63) is 88.8 Å². The highest BCUT2D eigenvalue weighted by Crippen LogP contribution is 2.45. The highest BCUT2D eigenvalue weighted by atomic mass is 16.5. The second-order valence-corrected chi connectivity index (χ2v) is 7.83. The van der Waals surface area contributed by atoms with Gasteiger partial charge in [0.1, 0.15) is 17.4 Å². The van der Waals surface area contributed by atoms with E-state index in [4.69, 9.17) is 10.5 Å². The fourth-order valence-corrected chi connectivity index (χ4v) is 4.17. The van der Waals surface area contributed by atoms with Crippen LogP contribution in [0.2, 0.25) is 0 Å². The summed E-state index contributed by atoms with van der Waals surface area (Å²) in [5.74, 6) is 7.27. The van der Waals surface area contributed by atoms with E-state index in [1.807, 2.05) is 54.6 Å². The Labute approximate surface area is 184 Å². The van der Waals surface area contributed by atoms with Crippen LogP contribution in [0.15, 0.2) is 72.1 Å². The fraction of sp³-hybridized carbons (Fsp3) is 0.250. The van der Waals surface area contributed by atoms with Crippen molar-refractivity contribution >= 4 is 10.8 Å². The fourth-order valence-electron chi connectivity index (χ4n) is 4.17. The molecule has 1 unspecified atom stereocenters. The first-order valence-electron chi connectivity index (χ1n) is 10.9. The minimum absolute atomic E-state index is 0.165. The molecule has 0 bridgehead atoms. The average molecular weight is 407 g/mol. The molecular weight excluding hydrogens is 380 g/mol. The molecule has 1 heterocycles. The lowest BCUT2D eigenvalue weighted by atomic mass is 9.80. The molecule has 0 fully saturated rings. The normalized spacial score (nSPS) is 14.9. The van der Waals surface area contributed by atoms with E-state index in [-0.39, 0.29) is 11.8 Å². The molecule has 0 aliphatic carbocycles. The molecule has 3 heteroatoms. The number of nitrogens with zero attached hydrogens (tertiary/aromatic N) is 1. The summed E-state index contributed by atoms with van der Waals surface area (Å²) in [5, 5.41) is 12.0. The van der Waals surface area contributed by atoms with Gasteiger partial charge in [-0.3, -0.25) is 0 Å². The number of nitrogens with two attached hydrogens (primary N) is 1. The summed E-state index contributed by atoms with van der Waals surface area (Å²) in [6.45, 7) is 2.21. The lowest BCUT2D eigenvalue weighted by molar-refractivity contribution is 0.398. The molecular formula is C28H26N2O. The molecule has 0 saturated carbocycles. The molecule has 31 heavy (non-hydrogen) atoms. The monoisotopic (exact) mass is 406 g/mol. The Morgan fingerprint density at radius 2 is 1.74 bits per heavy atom. The molecule has 3 aromatic carbocycles. The van der Waals surface area contributed by atoms with Crippen molar-refractivity contribution < 1.29 is 4.74 Å². The van der Waals surface area contributed by atoms with Gasteiger partial charge in [0.15, 0.2) is 0 Å². The van der Waals surface area contributed by atoms with Crippen molar-refractivity contribution in [1.29, 1.82) is 5.26 Å². The molecule has 1 aliphatic heterocycles. The third-order valence-electron chi connectivity index (χ3n) is 5.76. The van der Waals surface area contributed by atoms with Gasteiger partial charge in [-0.05, 0) is 23.4 Å². The first-order chi connectivity index (χ1) is 15.2. The van der Waals surface area contributed by atoms with Crippen LogP contribution in [-0.4, -0.2) is 0 Å². The molecule has 154 valence electrons. The number of fused-ring (bicyclic) bond motifs is 3. The second kappa shape index (κ2) is 9.41. The maximum absolute atomic E-state index is 9.92. The van der Waals surface area contributed by atoms with Crippen molar-refractivity contribution in [2.24, 2.45) is 5.73 Å². The Bertz CT molecular complexity index is 1240. The molecule has 3 aromatic rings. The van der Waals surface area contributed by atoms with Crippen LogP contribution in [0.1, 0.15) is 61.6 Å². The van der Waals surface area contributed by atoms with Crippen LogP contribution in [-0.2, 0) is 0 Å². The van der Waals surface area contributed by atoms with Gasteiger partial charge in [-0.1, -0.05) is 92.6 Å². The summed E-state index contributed by atoms with van der Waals surface area (Å²) in [7, 11) is 0. The van der Waals surface area contributed by atoms with Crippen LogP contribution >= 0.6 is 0 Å². The van der Waals surface area contributed by atoms with E-state index >= 15 is 0 Å². The smallest absolute Gasteiger partial charge is 0.205 e. The van der Waals surface area contributed by atoms with Crippen LogP contribution in [0.4, 0.5) is 0 Å². The standard InChI is InChI=1S/C28H26N2O/c1-2-3-4-5-6-7-12-20-13-8-10-15-22(20)26-24-18-17-21-14-9-11-16-23(21)27(24)31-28(30)25(26)19-29/h8-11,13-18,26H,2-6,30H2,1H3. The molecule has 4 rings (SSSR count). The van der Waals surface area contributed by atoms with Crippen LogP contribution in [0.3, 0.4) is 0 Å². The Morgan fingerprint density at radius 1 is 0.935 bits per heavy atom. The maximum Gasteiger partial charge on any atom is 0.205 e. The first kappa shape index (κ1) is 20.6. The number of allylic oxidation sites excluding steroid dienone is 1. The predicted molar refractivity (Wildman–Crippen MR) is 125 cm³/mol. The van der Waals surface area contributed by atoms with Gasteiger partial charge in [-0.15, -0.1) is 0 Å². The van der Waals surface area contributed by atoms with E-state index in [1.165, 1.54) is 19.3 Å². The topological polar surface area (TPSA) is 59.0 Å². The lowest BCUT2D eigenvalue weighted by Crippen LogP contribution is -2.21. The zero-order valence-corrected chi connectivity index (χ0v) is 17.8. The minimum atomic E-state index is -0.302. The van der Waals surface area contributed by atoms with Crippen LogP contribution in [0.5, 0.6) is 5.75 Å². The Morgan fingerprint density at radius 3 is 2.58 bits per heavy atom. The maximum atomic E-state index is 9.92. The number of hydrogen-bond acceptors (Lipinski definition) is 3. The Hall–Kier alpha value is -3.69. The summed E-state index contributed by atoms with van der Waals surface area (Å²) >= 11 is 0. The molecule has 0 spiro atoms. The zero-order chi connectivity index (χ0) is 21.6. The number of hydrogen-bond donors (Lipinski definition) is 1. The molecule has 2 N–H and O–H groups in total. The van der Waals surface area contributed by atoms with Crippen LogP contribution in [0.25, 0.3) is 10.8 Å². The van der Waals surface area contributed by atoms with E-state index in [0.29, 0.717) is 5.57 Å². The van der Waals surface area contributed by atoms with Crippen molar-refractivity contribution in [2.75, 3.05) is 0 Å². The van der Waals surface area contributed by atoms with Gasteiger partial charge in [-0.2, -0.15) is 5.26 Å². The summed E-state index contributed by atoms with van der Waals surface area (Å²) < 4.78 is 5.98. The molecule has 0 aromatic heterocycles. The van der Waals surface area contributed by atoms with Crippen LogP contribution < -0.4 is 10.5 Å². The number of unbranched alkanes of at least 4 members (excludes halogenated alkanes) is 4. The highest BCUT2D eigenvalue weighted by molar-refractivity contribution is 5.91. The lowest BCUT2D eigenvalue weighted by Gasteiger charge is -2.28. The predicted octanol–water partition coefficient (Wildman–Crippen LogP) is 6.38. The van der Waals surface area contributed by atoms with Gasteiger partial charge in [0.05, 0.1) is 5.92 Å². The third kappa shape index (κ3) is 4.14. The van der Waals surface area contributed by atoms with Gasteiger partial charge in [0.2, 0.25) is 5.88 Å². The average Bonchev–Trinajstić information content (AvgIpc) is 2.80. The largest absolute Gasteiger partial charge is 0.440 e. The van der Waals surface area contributed by atoms with Crippen molar-refractivity contribution in [1.82, 2.24) is 0 Å². The molecule has 1 aliphatic rings. The SMILES string of the molecule is CCCCCCC#Cc1ccccc1C1C(C#N)=C(N)Oc2c1ccc1ccccc21. The van der Waals surface area contributed by atoms with E-state index < -0.39 is 0 Å². The van der Waals surface area contributed by atoms with Gasteiger partial charge in [-0.25, -0.2) is 0 Å². The van der Waals surface area contributed by atoms with Gasteiger partial charge >= 0.3 is 0 Å². The van der Waals surface area contributed by atoms with E-state index in [9.17, 15) is 5.26 Å². The van der Waals surface area contributed by atoms with Crippen LogP contribution in [0, 0.1) is 23.2 Å². The highest BCUT2D eigenvalue weighted by Gasteiger charge is 2.32. The molecule has 0 amide bonds. The Balaban J connectivity index is 1.79. The third-order valence-corrected chi connectivity index (χ3v) is 5.76. The first-order valence-corrected chi connectivity index (χ1v) is 10.9. The second-order valence-electron chi connectivity index (χ2n) is 7.83. The van der Waals surface area contributed by atoms with Crippen molar-refractivity contribution in [2.45, 2.75) is 44.9 Å². The van der Waals surface area contributed by atoms with Crippen molar-refractivity contribution in [3.63, 3.8) is 0 Å².